The molecule has 0 saturated heterocycles. The normalized spacial score (nSPS) is 18.8. The van der Waals surface area contributed by atoms with Gasteiger partial charge in [0.15, 0.2) is 0 Å². The third kappa shape index (κ3) is 3.49. The van der Waals surface area contributed by atoms with E-state index in [0.29, 0.717) is 0 Å². The molecule has 1 aromatic rings. The van der Waals surface area contributed by atoms with Crippen molar-refractivity contribution in [2.75, 3.05) is 0 Å². The van der Waals surface area contributed by atoms with Crippen LogP contribution in [0.25, 0.3) is 0 Å². The van der Waals surface area contributed by atoms with Crippen molar-refractivity contribution in [2.24, 2.45) is 0 Å². The van der Waals surface area contributed by atoms with Crippen molar-refractivity contribution < 1.29 is 9.53 Å². The lowest BCUT2D eigenvalue weighted by atomic mass is 9.93. The maximum absolute atomic E-state index is 11.8. The zero-order valence-electron chi connectivity index (χ0n) is 12.2. The number of amides is 1. The van der Waals surface area contributed by atoms with Gasteiger partial charge in [-0.2, -0.15) is 5.10 Å². The number of alkyl carbamates (subject to hydrolysis) is 1. The summed E-state index contributed by atoms with van der Waals surface area (Å²) in [5.74, 6) is 0. The van der Waals surface area contributed by atoms with Gasteiger partial charge >= 0.3 is 6.09 Å². The van der Waals surface area contributed by atoms with E-state index in [9.17, 15) is 4.79 Å². The fourth-order valence-corrected chi connectivity index (χ4v) is 2.43. The first-order valence-corrected chi connectivity index (χ1v) is 6.92. The molecule has 0 aliphatic heterocycles. The number of rotatable bonds is 2. The molecule has 0 aromatic carbocycles. The second kappa shape index (κ2) is 5.23. The molecule has 0 unspecified atom stereocenters. The van der Waals surface area contributed by atoms with Crippen LogP contribution in [0.2, 0.25) is 0 Å². The summed E-state index contributed by atoms with van der Waals surface area (Å²) in [7, 11) is 0. The topological polar surface area (TPSA) is 56.2 Å². The van der Waals surface area contributed by atoms with Gasteiger partial charge in [0.1, 0.15) is 5.60 Å². The van der Waals surface area contributed by atoms with Crippen LogP contribution < -0.4 is 5.32 Å². The van der Waals surface area contributed by atoms with Crippen LogP contribution in [0.4, 0.5) is 4.79 Å². The number of aryl methyl sites for hydroxylation is 2. The van der Waals surface area contributed by atoms with Crippen LogP contribution >= 0.6 is 0 Å². The van der Waals surface area contributed by atoms with Gasteiger partial charge in [0.2, 0.25) is 0 Å². The summed E-state index contributed by atoms with van der Waals surface area (Å²) < 4.78 is 7.31. The Morgan fingerprint density at radius 1 is 1.58 bits per heavy atom. The van der Waals surface area contributed by atoms with Gasteiger partial charge in [0.25, 0.3) is 0 Å². The molecule has 0 fully saturated rings. The monoisotopic (exact) mass is 265 g/mol. The Hall–Kier alpha value is -1.52. The molecule has 1 aromatic heterocycles. The van der Waals surface area contributed by atoms with Gasteiger partial charge in [-0.1, -0.05) is 0 Å². The van der Waals surface area contributed by atoms with Crippen LogP contribution in [-0.4, -0.2) is 27.5 Å². The average molecular weight is 265 g/mol. The summed E-state index contributed by atoms with van der Waals surface area (Å²) in [6, 6.07) is 0.143. The molecule has 0 spiro atoms. The van der Waals surface area contributed by atoms with Gasteiger partial charge in [-0.3, -0.25) is 4.68 Å². The van der Waals surface area contributed by atoms with Crippen molar-refractivity contribution in [3.05, 3.63) is 17.5 Å². The molecule has 5 heteroatoms. The first kappa shape index (κ1) is 13.9. The SMILES string of the molecule is CCn1ncc2c1C[C@@H](NC(=O)OC(C)(C)C)CC2. The minimum Gasteiger partial charge on any atom is -0.444 e. The van der Waals surface area contributed by atoms with Crippen molar-refractivity contribution in [3.8, 4) is 0 Å². The number of carbonyl (C=O) groups excluding carboxylic acids is 1. The number of aromatic nitrogens is 2. The van der Waals surface area contributed by atoms with Gasteiger partial charge in [0, 0.05) is 24.7 Å². The summed E-state index contributed by atoms with van der Waals surface area (Å²) in [6.45, 7) is 8.57. The predicted molar refractivity (Wildman–Crippen MR) is 73.1 cm³/mol. The highest BCUT2D eigenvalue weighted by atomic mass is 16.6. The maximum atomic E-state index is 11.8. The average Bonchev–Trinajstić information content (AvgIpc) is 2.68. The van der Waals surface area contributed by atoms with E-state index in [4.69, 9.17) is 4.74 Å². The molecule has 106 valence electrons. The zero-order chi connectivity index (χ0) is 14.0. The molecule has 2 rings (SSSR count). The number of hydrogen-bond acceptors (Lipinski definition) is 3. The molecule has 1 amide bonds. The second-order valence-corrected chi connectivity index (χ2v) is 6.02. The van der Waals surface area contributed by atoms with E-state index in [1.807, 2.05) is 31.6 Å². The third-order valence-electron chi connectivity index (χ3n) is 3.26. The summed E-state index contributed by atoms with van der Waals surface area (Å²) in [5, 5.41) is 7.32. The lowest BCUT2D eigenvalue weighted by Gasteiger charge is -2.26. The van der Waals surface area contributed by atoms with Crippen molar-refractivity contribution >= 4 is 6.09 Å². The second-order valence-electron chi connectivity index (χ2n) is 6.02. The highest BCUT2D eigenvalue weighted by molar-refractivity contribution is 5.68. The van der Waals surface area contributed by atoms with Crippen LogP contribution in [0.5, 0.6) is 0 Å². The molecule has 1 atom stereocenters. The first-order chi connectivity index (χ1) is 8.89. The van der Waals surface area contributed by atoms with Crippen molar-refractivity contribution in [3.63, 3.8) is 0 Å². The summed E-state index contributed by atoms with van der Waals surface area (Å²) in [4.78, 5) is 11.8. The minimum absolute atomic E-state index is 0.143. The number of nitrogens with one attached hydrogen (secondary N) is 1. The highest BCUT2D eigenvalue weighted by Gasteiger charge is 2.25. The van der Waals surface area contributed by atoms with Crippen molar-refractivity contribution in [1.82, 2.24) is 15.1 Å². The van der Waals surface area contributed by atoms with Crippen molar-refractivity contribution in [2.45, 2.75) is 65.1 Å². The summed E-state index contributed by atoms with van der Waals surface area (Å²) in [5.41, 5.74) is 2.11. The summed E-state index contributed by atoms with van der Waals surface area (Å²) >= 11 is 0. The van der Waals surface area contributed by atoms with E-state index in [2.05, 4.69) is 17.3 Å². The molecule has 1 aliphatic rings. The third-order valence-corrected chi connectivity index (χ3v) is 3.26. The Balaban J connectivity index is 1.96. The molecule has 1 heterocycles. The smallest absolute Gasteiger partial charge is 0.407 e. The first-order valence-electron chi connectivity index (χ1n) is 6.92. The molecule has 1 N–H and O–H groups in total. The highest BCUT2D eigenvalue weighted by Crippen LogP contribution is 2.21. The Labute approximate surface area is 114 Å². The lowest BCUT2D eigenvalue weighted by Crippen LogP contribution is -2.42. The molecule has 0 saturated carbocycles. The number of nitrogens with zero attached hydrogens (tertiary/aromatic N) is 2. The lowest BCUT2D eigenvalue weighted by molar-refractivity contribution is 0.0499. The number of fused-ring (bicyclic) bond motifs is 1. The Morgan fingerprint density at radius 3 is 2.95 bits per heavy atom. The fourth-order valence-electron chi connectivity index (χ4n) is 2.43. The Kier molecular flexibility index (Phi) is 3.83. The van der Waals surface area contributed by atoms with Gasteiger partial charge in [0.05, 0.1) is 6.20 Å². The molecule has 0 radical (unpaired) electrons. The van der Waals surface area contributed by atoms with Crippen LogP contribution in [-0.2, 0) is 24.1 Å². The van der Waals surface area contributed by atoms with Gasteiger partial charge < -0.3 is 10.1 Å². The van der Waals surface area contributed by atoms with E-state index < -0.39 is 5.60 Å². The number of carbonyl (C=O) groups is 1. The zero-order valence-corrected chi connectivity index (χ0v) is 12.2. The molecular formula is C14H23N3O2. The van der Waals surface area contributed by atoms with Gasteiger partial charge in [-0.15, -0.1) is 0 Å². The van der Waals surface area contributed by atoms with Crippen molar-refractivity contribution in [1.29, 1.82) is 0 Å². The van der Waals surface area contributed by atoms with E-state index >= 15 is 0 Å². The van der Waals surface area contributed by atoms with E-state index in [0.717, 1.165) is 25.8 Å². The predicted octanol–water partition coefficient (Wildman–Crippen LogP) is 2.29. The molecule has 19 heavy (non-hydrogen) atoms. The van der Waals surface area contributed by atoms with E-state index in [1.165, 1.54) is 11.3 Å². The summed E-state index contributed by atoms with van der Waals surface area (Å²) in [6.07, 6.45) is 4.37. The van der Waals surface area contributed by atoms with Gasteiger partial charge in [-0.25, -0.2) is 4.79 Å². The molecular weight excluding hydrogens is 242 g/mol. The quantitative estimate of drug-likeness (QED) is 0.892. The molecule has 5 nitrogen and oxygen atoms in total. The van der Waals surface area contributed by atoms with Gasteiger partial charge in [-0.05, 0) is 46.1 Å². The minimum atomic E-state index is -0.449. The maximum Gasteiger partial charge on any atom is 0.407 e. The Bertz CT molecular complexity index is 446. The van der Waals surface area contributed by atoms with Crippen LogP contribution in [0.15, 0.2) is 6.20 Å². The van der Waals surface area contributed by atoms with E-state index in [1.54, 1.807) is 0 Å². The largest absolute Gasteiger partial charge is 0.444 e. The standard InChI is InChI=1S/C14H23N3O2/c1-5-17-12-8-11(7-6-10(12)9-15-17)16-13(18)19-14(2,3)4/h9,11H,5-8H2,1-4H3,(H,16,18)/t11-/m0/s1. The van der Waals surface area contributed by atoms with Crippen LogP contribution in [0.1, 0.15) is 45.4 Å². The molecule has 1 aliphatic carbocycles. The molecule has 0 bridgehead atoms. The fraction of sp³-hybridized carbons (Fsp3) is 0.714. The Morgan fingerprint density at radius 2 is 2.32 bits per heavy atom. The van der Waals surface area contributed by atoms with Crippen LogP contribution in [0.3, 0.4) is 0 Å². The number of hydrogen-bond donors (Lipinski definition) is 1. The van der Waals surface area contributed by atoms with Crippen LogP contribution in [0, 0.1) is 0 Å². The van der Waals surface area contributed by atoms with E-state index in [-0.39, 0.29) is 12.1 Å². The number of ether oxygens (including phenoxy) is 1.